The van der Waals surface area contributed by atoms with Crippen molar-refractivity contribution in [2.45, 2.75) is 95.2 Å². The molecule has 0 aliphatic carbocycles. The minimum absolute atomic E-state index is 0.00524. The van der Waals surface area contributed by atoms with Crippen molar-refractivity contribution in [2.24, 2.45) is 0 Å². The number of carbonyl (C=O) groups is 2. The number of carbonyl (C=O) groups excluding carboxylic acids is 2. The number of amides is 1. The van der Waals surface area contributed by atoms with Gasteiger partial charge in [0.1, 0.15) is 31.0 Å². The Morgan fingerprint density at radius 3 is 2.48 bits per heavy atom. The third-order valence-electron chi connectivity index (χ3n) is 7.74. The van der Waals surface area contributed by atoms with Gasteiger partial charge >= 0.3 is 12.1 Å². The highest BCUT2D eigenvalue weighted by atomic mass is 16.7. The highest BCUT2D eigenvalue weighted by Crippen LogP contribution is 2.26. The molecule has 1 aliphatic heterocycles. The fourth-order valence-corrected chi connectivity index (χ4v) is 5.25. The largest absolute Gasteiger partial charge is 0.455 e. The predicted molar refractivity (Wildman–Crippen MR) is 163 cm³/mol. The predicted octanol–water partition coefficient (Wildman–Crippen LogP) is 3.73. The van der Waals surface area contributed by atoms with Gasteiger partial charge in [-0.15, -0.1) is 0 Å². The first-order valence-corrected chi connectivity index (χ1v) is 15.4. The van der Waals surface area contributed by atoms with Crippen molar-refractivity contribution in [3.05, 3.63) is 71.9 Å². The number of aromatic amines is 1. The van der Waals surface area contributed by atoms with Crippen molar-refractivity contribution in [1.82, 2.24) is 10.3 Å². The Balaban J connectivity index is 1.44. The molecule has 11 nitrogen and oxygen atoms in total. The number of H-pyrrole nitrogens is 1. The van der Waals surface area contributed by atoms with Gasteiger partial charge in [-0.1, -0.05) is 87.6 Å². The first-order chi connectivity index (χ1) is 21.4. The van der Waals surface area contributed by atoms with Crippen molar-refractivity contribution in [2.75, 3.05) is 13.2 Å². The molecule has 2 heterocycles. The van der Waals surface area contributed by atoms with E-state index >= 15 is 0 Å². The van der Waals surface area contributed by atoms with Crippen LogP contribution >= 0.6 is 0 Å². The van der Waals surface area contributed by atoms with E-state index in [-0.39, 0.29) is 13.0 Å². The number of para-hydroxylation sites is 1. The lowest BCUT2D eigenvalue weighted by Gasteiger charge is -2.41. The molecule has 1 aliphatic rings. The third-order valence-corrected chi connectivity index (χ3v) is 7.74. The molecule has 1 saturated heterocycles. The second kappa shape index (κ2) is 17.1. The summed E-state index contributed by atoms with van der Waals surface area (Å²) in [5, 5.41) is 35.1. The van der Waals surface area contributed by atoms with E-state index in [0.717, 1.165) is 54.1 Å². The Bertz CT molecular complexity index is 1300. The third kappa shape index (κ3) is 9.26. The molecule has 1 aromatic heterocycles. The number of hydrogen-bond donors (Lipinski definition) is 5. The maximum atomic E-state index is 13.6. The number of hydrogen-bond acceptors (Lipinski definition) is 9. The summed E-state index contributed by atoms with van der Waals surface area (Å²) in [5.41, 5.74) is 2.37. The van der Waals surface area contributed by atoms with Crippen LogP contribution in [0.25, 0.3) is 10.9 Å². The molecule has 11 heteroatoms. The number of benzene rings is 2. The summed E-state index contributed by atoms with van der Waals surface area (Å²) in [6.45, 7) is 1.86. The molecular formula is C33H44N2O9. The van der Waals surface area contributed by atoms with Crippen molar-refractivity contribution in [3.8, 4) is 0 Å². The lowest BCUT2D eigenvalue weighted by atomic mass is 9.98. The van der Waals surface area contributed by atoms with Gasteiger partial charge in [0.05, 0.1) is 6.61 Å². The van der Waals surface area contributed by atoms with Crippen LogP contribution in [0.4, 0.5) is 4.79 Å². The van der Waals surface area contributed by atoms with E-state index in [0.29, 0.717) is 6.61 Å². The van der Waals surface area contributed by atoms with E-state index in [1.165, 1.54) is 6.42 Å². The Hall–Kier alpha value is -3.48. The topological polar surface area (TPSA) is 160 Å². The molecule has 6 atom stereocenters. The molecule has 0 bridgehead atoms. The summed E-state index contributed by atoms with van der Waals surface area (Å²) in [6.07, 6.45) is 0.270. The first kappa shape index (κ1) is 33.4. The lowest BCUT2D eigenvalue weighted by molar-refractivity contribution is -0.303. The highest BCUT2D eigenvalue weighted by Gasteiger charge is 2.48. The summed E-state index contributed by atoms with van der Waals surface area (Å²) in [5.74, 6) is -0.900. The van der Waals surface area contributed by atoms with Crippen LogP contribution in [-0.4, -0.2) is 82.3 Å². The fraction of sp³-hybridized carbons (Fsp3) is 0.515. The van der Waals surface area contributed by atoms with Crippen LogP contribution in [-0.2, 0) is 36.8 Å². The molecule has 5 N–H and O–H groups in total. The number of aliphatic hydroxyl groups is 3. The van der Waals surface area contributed by atoms with Gasteiger partial charge in [-0.05, 0) is 23.6 Å². The van der Waals surface area contributed by atoms with Crippen LogP contribution in [0.5, 0.6) is 0 Å². The Kier molecular flexibility index (Phi) is 13.0. The number of esters is 1. The zero-order chi connectivity index (χ0) is 31.3. The van der Waals surface area contributed by atoms with E-state index < -0.39 is 55.4 Å². The van der Waals surface area contributed by atoms with Crippen molar-refractivity contribution in [1.29, 1.82) is 0 Å². The molecule has 0 spiro atoms. The normalized spacial score (nSPS) is 22.4. The average molecular weight is 613 g/mol. The van der Waals surface area contributed by atoms with Gasteiger partial charge in [-0.25, -0.2) is 9.59 Å². The van der Waals surface area contributed by atoms with Crippen LogP contribution in [0.1, 0.15) is 56.6 Å². The number of nitrogens with one attached hydrogen (secondary N) is 2. The molecule has 1 amide bonds. The first-order valence-electron chi connectivity index (χ1n) is 15.4. The zero-order valence-electron chi connectivity index (χ0n) is 25.1. The Morgan fingerprint density at radius 1 is 0.977 bits per heavy atom. The van der Waals surface area contributed by atoms with E-state index in [2.05, 4.69) is 17.2 Å². The molecule has 1 fully saturated rings. The maximum Gasteiger partial charge on any atom is 0.408 e. The standard InChI is InChI=1S/C33H44N2O9/c1-2-3-4-5-6-12-17-41-32-29(38)30(28(37)27(20-36)43-32)44-31(39)26(18-23-19-34-25-16-11-10-15-24(23)25)35-33(40)42-21-22-13-8-7-9-14-22/h7-11,13-16,19,26-30,32,34,36-38H,2-6,12,17-18,20-21H2,1H3,(H,35,40)/t26-,27+,28+,29+,30-,32+/m0/s1. The molecule has 2 aromatic carbocycles. The average Bonchev–Trinajstić information content (AvgIpc) is 3.45. The van der Waals surface area contributed by atoms with Gasteiger partial charge < -0.3 is 44.6 Å². The number of alkyl carbamates (subject to hydrolysis) is 1. The highest BCUT2D eigenvalue weighted by molar-refractivity contribution is 5.86. The summed E-state index contributed by atoms with van der Waals surface area (Å²) in [7, 11) is 0. The Morgan fingerprint density at radius 2 is 1.70 bits per heavy atom. The molecule has 44 heavy (non-hydrogen) atoms. The smallest absolute Gasteiger partial charge is 0.408 e. The van der Waals surface area contributed by atoms with Crippen LogP contribution in [0.15, 0.2) is 60.8 Å². The molecule has 240 valence electrons. The van der Waals surface area contributed by atoms with Crippen molar-refractivity contribution >= 4 is 23.0 Å². The summed E-state index contributed by atoms with van der Waals surface area (Å²) < 4.78 is 22.3. The van der Waals surface area contributed by atoms with Crippen LogP contribution < -0.4 is 5.32 Å². The second-order valence-electron chi connectivity index (χ2n) is 11.1. The van der Waals surface area contributed by atoms with Crippen LogP contribution in [0.2, 0.25) is 0 Å². The van der Waals surface area contributed by atoms with Crippen molar-refractivity contribution in [3.63, 3.8) is 0 Å². The fourth-order valence-electron chi connectivity index (χ4n) is 5.25. The summed E-state index contributed by atoms with van der Waals surface area (Å²) in [4.78, 5) is 29.5. The van der Waals surface area contributed by atoms with Gasteiger partial charge in [-0.2, -0.15) is 0 Å². The van der Waals surface area contributed by atoms with E-state index in [9.17, 15) is 24.9 Å². The molecule has 0 radical (unpaired) electrons. The molecule has 0 unspecified atom stereocenters. The number of aromatic nitrogens is 1. The Labute approximate surface area is 257 Å². The van der Waals surface area contributed by atoms with Crippen LogP contribution in [0, 0.1) is 0 Å². The maximum absolute atomic E-state index is 13.6. The summed E-state index contributed by atoms with van der Waals surface area (Å²) in [6, 6.07) is 15.4. The number of ether oxygens (including phenoxy) is 4. The summed E-state index contributed by atoms with van der Waals surface area (Å²) >= 11 is 0. The molecule has 4 rings (SSSR count). The van der Waals surface area contributed by atoms with E-state index in [1.807, 2.05) is 42.5 Å². The van der Waals surface area contributed by atoms with Gasteiger partial charge in [0.2, 0.25) is 0 Å². The van der Waals surface area contributed by atoms with Gasteiger partial charge in [0.25, 0.3) is 0 Å². The quantitative estimate of drug-likeness (QED) is 0.120. The lowest BCUT2D eigenvalue weighted by Crippen LogP contribution is -2.61. The zero-order valence-corrected chi connectivity index (χ0v) is 25.1. The van der Waals surface area contributed by atoms with E-state index in [1.54, 1.807) is 18.3 Å². The number of unbranched alkanes of at least 4 members (excludes halogenated alkanes) is 5. The van der Waals surface area contributed by atoms with Gasteiger partial charge in [-0.3, -0.25) is 0 Å². The van der Waals surface area contributed by atoms with E-state index in [4.69, 9.17) is 18.9 Å². The van der Waals surface area contributed by atoms with Crippen LogP contribution in [0.3, 0.4) is 0 Å². The van der Waals surface area contributed by atoms with Gasteiger partial charge in [0, 0.05) is 30.1 Å². The molecule has 3 aromatic rings. The molecule has 0 saturated carbocycles. The van der Waals surface area contributed by atoms with Gasteiger partial charge in [0.15, 0.2) is 12.4 Å². The number of rotatable bonds is 16. The number of fused-ring (bicyclic) bond motifs is 1. The molecular weight excluding hydrogens is 568 g/mol. The second-order valence-corrected chi connectivity index (χ2v) is 11.1. The minimum atomic E-state index is -1.54. The van der Waals surface area contributed by atoms with Crippen molar-refractivity contribution < 1.29 is 43.9 Å². The monoisotopic (exact) mass is 612 g/mol. The minimum Gasteiger partial charge on any atom is -0.455 e. The number of aliphatic hydroxyl groups excluding tert-OH is 3. The SMILES string of the molecule is CCCCCCCCO[C@@H]1O[C@H](CO)[C@@H](O)[C@H](OC(=O)[C@H](Cc2c[nH]c3ccccc23)NC(=O)OCc2ccccc2)[C@H]1O.